The van der Waals surface area contributed by atoms with Crippen molar-refractivity contribution in [3.8, 4) is 11.5 Å². The average Bonchev–Trinajstić information content (AvgIpc) is 2.18. The molecule has 0 aliphatic heterocycles. The highest BCUT2D eigenvalue weighted by atomic mass is 19.1. The molecule has 0 aliphatic carbocycles. The van der Waals surface area contributed by atoms with Crippen molar-refractivity contribution in [2.24, 2.45) is 5.90 Å². The molecule has 3 N–H and O–H groups in total. The average molecular weight is 201 g/mol. The predicted molar refractivity (Wildman–Crippen MR) is 48.5 cm³/mol. The first-order valence-electron chi connectivity index (χ1n) is 4.06. The van der Waals surface area contributed by atoms with Gasteiger partial charge in [0.2, 0.25) is 0 Å². The van der Waals surface area contributed by atoms with Crippen LogP contribution in [0.2, 0.25) is 0 Å². The summed E-state index contributed by atoms with van der Waals surface area (Å²) in [4.78, 5) is 4.33. The number of benzene rings is 1. The zero-order chi connectivity index (χ0) is 10.6. The SMILES string of the molecule is COc1cc(O)c(CCON)cc1F. The van der Waals surface area contributed by atoms with Crippen molar-refractivity contribution >= 4 is 0 Å². The maximum Gasteiger partial charge on any atom is 0.165 e. The lowest BCUT2D eigenvalue weighted by atomic mass is 10.1. The molecule has 0 fully saturated rings. The van der Waals surface area contributed by atoms with Crippen LogP contribution in [0.25, 0.3) is 0 Å². The van der Waals surface area contributed by atoms with Crippen molar-refractivity contribution in [3.63, 3.8) is 0 Å². The Morgan fingerprint density at radius 2 is 2.21 bits per heavy atom. The number of hydrogen-bond donors (Lipinski definition) is 2. The van der Waals surface area contributed by atoms with E-state index in [1.807, 2.05) is 0 Å². The zero-order valence-corrected chi connectivity index (χ0v) is 7.79. The molecule has 4 nitrogen and oxygen atoms in total. The van der Waals surface area contributed by atoms with Gasteiger partial charge in [-0.3, -0.25) is 0 Å². The number of phenolic OH excluding ortho intramolecular Hbond substituents is 1. The lowest BCUT2D eigenvalue weighted by Crippen LogP contribution is -2.04. The summed E-state index contributed by atoms with van der Waals surface area (Å²) < 4.78 is 17.8. The number of ether oxygens (including phenoxy) is 1. The van der Waals surface area contributed by atoms with Crippen LogP contribution in [0.1, 0.15) is 5.56 Å². The first kappa shape index (κ1) is 10.7. The predicted octanol–water partition coefficient (Wildman–Crippen LogP) is 0.973. The van der Waals surface area contributed by atoms with Crippen LogP contribution < -0.4 is 10.6 Å². The fourth-order valence-electron chi connectivity index (χ4n) is 1.11. The van der Waals surface area contributed by atoms with Crippen LogP contribution in [0.5, 0.6) is 11.5 Å². The number of halogens is 1. The Balaban J connectivity index is 2.90. The highest BCUT2D eigenvalue weighted by molar-refractivity contribution is 5.40. The molecule has 0 atom stereocenters. The molecule has 0 aromatic heterocycles. The second-order valence-electron chi connectivity index (χ2n) is 2.74. The van der Waals surface area contributed by atoms with Gasteiger partial charge in [0.25, 0.3) is 0 Å². The molecule has 0 bridgehead atoms. The highest BCUT2D eigenvalue weighted by Crippen LogP contribution is 2.27. The molecule has 78 valence electrons. The molecule has 0 unspecified atom stereocenters. The summed E-state index contributed by atoms with van der Waals surface area (Å²) in [5.74, 6) is 4.29. The van der Waals surface area contributed by atoms with Gasteiger partial charge in [0.05, 0.1) is 13.7 Å². The minimum Gasteiger partial charge on any atom is -0.508 e. The number of rotatable bonds is 4. The van der Waals surface area contributed by atoms with E-state index in [0.29, 0.717) is 12.0 Å². The lowest BCUT2D eigenvalue weighted by Gasteiger charge is -2.07. The van der Waals surface area contributed by atoms with Gasteiger partial charge in [-0.2, -0.15) is 0 Å². The van der Waals surface area contributed by atoms with Crippen LogP contribution in [0, 0.1) is 5.82 Å². The van der Waals surface area contributed by atoms with Gasteiger partial charge < -0.3 is 14.7 Å². The van der Waals surface area contributed by atoms with E-state index in [-0.39, 0.29) is 18.1 Å². The molecule has 1 rings (SSSR count). The first-order chi connectivity index (χ1) is 6.69. The van der Waals surface area contributed by atoms with E-state index < -0.39 is 5.82 Å². The third kappa shape index (κ3) is 2.34. The van der Waals surface area contributed by atoms with E-state index in [1.54, 1.807) is 0 Å². The molecule has 0 heterocycles. The summed E-state index contributed by atoms with van der Waals surface area (Å²) in [5.41, 5.74) is 0.439. The molecule has 1 aromatic carbocycles. The van der Waals surface area contributed by atoms with Crippen molar-refractivity contribution in [2.45, 2.75) is 6.42 Å². The lowest BCUT2D eigenvalue weighted by molar-refractivity contribution is 0.140. The normalized spacial score (nSPS) is 10.2. The Bertz CT molecular complexity index is 317. The molecular weight excluding hydrogens is 189 g/mol. The second kappa shape index (κ2) is 4.78. The van der Waals surface area contributed by atoms with Crippen molar-refractivity contribution in [1.29, 1.82) is 0 Å². The van der Waals surface area contributed by atoms with Crippen LogP contribution in [0.3, 0.4) is 0 Å². The Morgan fingerprint density at radius 3 is 2.79 bits per heavy atom. The van der Waals surface area contributed by atoms with Gasteiger partial charge in [0.15, 0.2) is 11.6 Å². The Labute approximate surface area is 81.0 Å². The summed E-state index contributed by atoms with van der Waals surface area (Å²) in [6.07, 6.45) is 0.350. The zero-order valence-electron chi connectivity index (χ0n) is 7.79. The highest BCUT2D eigenvalue weighted by Gasteiger charge is 2.09. The van der Waals surface area contributed by atoms with E-state index in [4.69, 9.17) is 10.6 Å². The molecule has 1 aromatic rings. The van der Waals surface area contributed by atoms with Gasteiger partial charge >= 0.3 is 0 Å². The number of aromatic hydroxyl groups is 1. The molecule has 0 spiro atoms. The fourth-order valence-corrected chi connectivity index (χ4v) is 1.11. The third-order valence-electron chi connectivity index (χ3n) is 1.84. The van der Waals surface area contributed by atoms with Gasteiger partial charge in [-0.25, -0.2) is 10.3 Å². The van der Waals surface area contributed by atoms with Gasteiger partial charge in [-0.05, 0) is 11.6 Å². The van der Waals surface area contributed by atoms with Crippen molar-refractivity contribution in [3.05, 3.63) is 23.5 Å². The minimum atomic E-state index is -0.516. The number of hydrogen-bond acceptors (Lipinski definition) is 4. The van der Waals surface area contributed by atoms with Crippen LogP contribution in [-0.4, -0.2) is 18.8 Å². The van der Waals surface area contributed by atoms with Crippen molar-refractivity contribution in [1.82, 2.24) is 0 Å². The number of phenols is 1. The van der Waals surface area contributed by atoms with E-state index in [0.717, 1.165) is 0 Å². The Kier molecular flexibility index (Phi) is 3.67. The van der Waals surface area contributed by atoms with E-state index in [9.17, 15) is 9.50 Å². The van der Waals surface area contributed by atoms with Gasteiger partial charge in [0.1, 0.15) is 5.75 Å². The number of nitrogens with two attached hydrogens (primary N) is 1. The van der Waals surface area contributed by atoms with Crippen LogP contribution in [-0.2, 0) is 11.3 Å². The van der Waals surface area contributed by atoms with E-state index in [2.05, 4.69) is 4.84 Å². The van der Waals surface area contributed by atoms with Crippen LogP contribution in [0.15, 0.2) is 12.1 Å². The van der Waals surface area contributed by atoms with Crippen molar-refractivity contribution in [2.75, 3.05) is 13.7 Å². The molecule has 5 heteroatoms. The maximum absolute atomic E-state index is 13.1. The van der Waals surface area contributed by atoms with E-state index >= 15 is 0 Å². The molecular formula is C9H12FNO3. The van der Waals surface area contributed by atoms with Gasteiger partial charge in [-0.15, -0.1) is 0 Å². The summed E-state index contributed by atoms with van der Waals surface area (Å²) in [5, 5.41) is 9.43. The molecule has 0 amide bonds. The topological polar surface area (TPSA) is 64.7 Å². The minimum absolute atomic E-state index is 0.0138. The van der Waals surface area contributed by atoms with Gasteiger partial charge in [-0.1, -0.05) is 0 Å². The molecule has 0 radical (unpaired) electrons. The number of methoxy groups -OCH3 is 1. The van der Waals surface area contributed by atoms with Crippen molar-refractivity contribution < 1.29 is 19.1 Å². The van der Waals surface area contributed by atoms with Gasteiger partial charge in [0, 0.05) is 12.5 Å². The maximum atomic E-state index is 13.1. The quantitative estimate of drug-likeness (QED) is 0.712. The molecule has 14 heavy (non-hydrogen) atoms. The molecule has 0 saturated carbocycles. The molecule has 0 saturated heterocycles. The largest absolute Gasteiger partial charge is 0.508 e. The monoisotopic (exact) mass is 201 g/mol. The standard InChI is InChI=1S/C9H12FNO3/c1-13-9-5-8(12)6(2-3-14-11)4-7(9)10/h4-5,12H,2-3,11H2,1H3. The third-order valence-corrected chi connectivity index (χ3v) is 1.84. The van der Waals surface area contributed by atoms with E-state index in [1.165, 1.54) is 19.2 Å². The van der Waals surface area contributed by atoms with Crippen LogP contribution >= 0.6 is 0 Å². The summed E-state index contributed by atoms with van der Waals surface area (Å²) in [7, 11) is 1.33. The fraction of sp³-hybridized carbons (Fsp3) is 0.333. The molecule has 0 aliphatic rings. The summed E-state index contributed by atoms with van der Waals surface area (Å²) in [6, 6.07) is 2.42. The summed E-state index contributed by atoms with van der Waals surface area (Å²) in [6.45, 7) is 0.222. The summed E-state index contributed by atoms with van der Waals surface area (Å²) >= 11 is 0. The Hall–Kier alpha value is -1.33. The van der Waals surface area contributed by atoms with Crippen LogP contribution in [0.4, 0.5) is 4.39 Å². The Morgan fingerprint density at radius 1 is 1.50 bits per heavy atom. The first-order valence-corrected chi connectivity index (χ1v) is 4.06. The smallest absolute Gasteiger partial charge is 0.165 e. The second-order valence-corrected chi connectivity index (χ2v) is 2.74.